The molecule has 43 heteroatoms. The molecule has 6 fully saturated rings. The summed E-state index contributed by atoms with van der Waals surface area (Å²) < 4.78 is 65.9. The number of H-pyrrole nitrogens is 2. The normalized spacial score (nSPS) is 19.0. The molecule has 6 aliphatic heterocycles. The number of pyridine rings is 6. The third kappa shape index (κ3) is 44.7. The Hall–Kier alpha value is 0.569. The van der Waals surface area contributed by atoms with Crippen LogP contribution in [0.1, 0.15) is 108 Å². The summed E-state index contributed by atoms with van der Waals surface area (Å²) in [5.41, 5.74) is 5.24. The average molecular weight is 1940 g/mol. The van der Waals surface area contributed by atoms with Gasteiger partial charge in [0.15, 0.2) is 0 Å². The molecule has 10 N–H and O–H groups in total. The van der Waals surface area contributed by atoms with Crippen molar-refractivity contribution in [3.8, 4) is 0 Å². The second-order valence-corrected chi connectivity index (χ2v) is 33.0. The van der Waals surface area contributed by atoms with Crippen LogP contribution in [0, 0.1) is 205 Å². The van der Waals surface area contributed by atoms with Crippen molar-refractivity contribution < 1.29 is 255 Å². The first-order chi connectivity index (χ1) is 54.0. The minimum absolute atomic E-state index is 0. The van der Waals surface area contributed by atoms with Crippen molar-refractivity contribution >= 4 is 112 Å². The number of halogens is 1. The molecule has 118 heavy (non-hydrogen) atoms. The molecule has 658 valence electrons. The minimum atomic E-state index is -2.28. The van der Waals surface area contributed by atoms with Crippen molar-refractivity contribution in [2.45, 2.75) is 162 Å². The van der Waals surface area contributed by atoms with Gasteiger partial charge in [0.05, 0.1) is 24.3 Å². The number of carboxylic acids is 2. The summed E-state index contributed by atoms with van der Waals surface area (Å²) >= 11 is 9.94. The number of nitrogens with one attached hydrogen (secondary N) is 4. The Balaban J connectivity index is 0.000000695. The monoisotopic (exact) mass is 1930 g/mol. The molecule has 12 heterocycles. The maximum absolute atomic E-state index is 10.9. The van der Waals surface area contributed by atoms with Gasteiger partial charge in [-0.15, -0.1) is 12.6 Å². The Bertz CT molecular complexity index is 4120. The molecule has 0 aliphatic carbocycles. The number of aromatic carboxylic acids is 2. The number of hydrogen-bond acceptors (Lipinski definition) is 28. The van der Waals surface area contributed by atoms with E-state index in [1.54, 1.807) is 55.0 Å². The number of hydrogen-bond donors (Lipinski definition) is 11. The number of piperazine rings is 3. The zero-order valence-electron chi connectivity index (χ0n) is 66.5. The molecule has 0 spiro atoms. The van der Waals surface area contributed by atoms with Crippen LogP contribution in [-0.2, 0) is 59.5 Å². The fourth-order valence-electron chi connectivity index (χ4n) is 13.4. The number of carboxylic acid groups (broad SMARTS) is 2. The number of aliphatic hydroxyl groups excluding tert-OH is 2. The number of nitrogens with zero attached hydrogens (tertiary/aromatic N) is 11. The maximum Gasteiger partial charge on any atom is 0.376 e. The molecule has 0 saturated carbocycles. The molecule has 6 saturated heterocycles. The zero-order chi connectivity index (χ0) is 82.5. The second kappa shape index (κ2) is 64.3. The molecule has 6 aliphatic rings. The first-order valence-corrected chi connectivity index (χ1v) is 42.8. The van der Waals surface area contributed by atoms with Crippen LogP contribution in [0.4, 0.5) is 0 Å². The number of piperidine rings is 3. The standard InChI is InChI=1S/C17H29BN4O3S.C16H26N4O2S.C11H24BN3O.C7H8S.C6H4BrNO2.C6H7NO3S.C6H5NO2S.C6H7NOS.5Ar/c1-14-12-21(16-5-7-22(8-6-16)18(2)23)10-9-20(14)13-15-3-4-17(19-11-15)26(24)25;1-13-11-20(15-4-6-17-7-5-15)9-8-19(13)12-14-2-3-16(18-10-14)23(21)22;1-10-9-14(8-5-13-10)11-3-6-15(7-4-11)12(2)16;1-6-3-2-4-7(8)5-6;7-5-2-1-4(3-8-5)6(9)10;8-4-5-1-2-6(7-3-5)11(9)10;8-6(9)4-1-2-5(10)7-3-4;8-4-5-1-2-6(9)7-3-5;;;;;/h3-4,11,14,16,23H,5-10,12-13H2,1-2H3,(H,24,25);2-3,10,13,15,17H,4-9,11-12H2,1H3,(H,21,22);10-11,13,16H,3-9H2,1-2H3;2-5,8H,1H3;1-3H,(H,9,10);1-3,8H,4H2,(H,9,10);1-3H,(H,7,10)(H,8,9);1-3,8H,4H2,(H,7,9);;;;;/p-3/t14-;13-;10-;;;;;;;;;;/m111........../s1. The van der Waals surface area contributed by atoms with Gasteiger partial charge in [0, 0.05) is 339 Å². The largest absolute Gasteiger partial charge is 0.767 e. The van der Waals surface area contributed by atoms with Gasteiger partial charge < -0.3 is 74.4 Å². The Labute approximate surface area is 876 Å². The molecule has 7 aromatic rings. The molecule has 1 aromatic carbocycles. The maximum atomic E-state index is 10.9. The Morgan fingerprint density at radius 2 is 0.941 bits per heavy atom. The van der Waals surface area contributed by atoms with E-state index in [4.69, 9.17) is 44.9 Å². The van der Waals surface area contributed by atoms with E-state index in [0.717, 1.165) is 145 Å². The second-order valence-electron chi connectivity index (χ2n) is 28.1. The molecule has 0 amide bonds. The van der Waals surface area contributed by atoms with Crippen LogP contribution in [0.5, 0.6) is 0 Å². The van der Waals surface area contributed by atoms with Gasteiger partial charge in [0.2, 0.25) is 0 Å². The molecule has 6 aromatic heterocycles. The molecule has 3 unspecified atom stereocenters. The van der Waals surface area contributed by atoms with E-state index in [2.05, 4.69) is 137 Å². The van der Waals surface area contributed by atoms with E-state index in [1.165, 1.54) is 87.2 Å². The van der Waals surface area contributed by atoms with Gasteiger partial charge in [0.25, 0.3) is 0 Å². The molecule has 0 radical (unpaired) electrons. The predicted molar refractivity (Wildman–Crippen MR) is 448 cm³/mol. The summed E-state index contributed by atoms with van der Waals surface area (Å²) in [4.78, 5) is 59.4. The van der Waals surface area contributed by atoms with Gasteiger partial charge in [-0.2, -0.15) is 0 Å². The predicted octanol–water partition coefficient (Wildman–Crippen LogP) is 7.15. The van der Waals surface area contributed by atoms with E-state index < -0.39 is 45.2 Å². The number of aryl methyl sites for hydroxylation is 1. The van der Waals surface area contributed by atoms with E-state index >= 15 is 0 Å². The smallest absolute Gasteiger partial charge is 0.376 e. The third-order valence-electron chi connectivity index (χ3n) is 19.8. The first-order valence-electron chi connectivity index (χ1n) is 37.5. The van der Waals surface area contributed by atoms with Crippen LogP contribution in [0.2, 0.25) is 13.6 Å². The van der Waals surface area contributed by atoms with Crippen molar-refractivity contribution in [2.75, 3.05) is 98.2 Å². The fourth-order valence-corrected chi connectivity index (χ4v) is 15.1. The molecule has 29 nitrogen and oxygen atoms in total. The number of thiol groups is 1. The van der Waals surface area contributed by atoms with Crippen LogP contribution in [0.3, 0.4) is 0 Å². The van der Waals surface area contributed by atoms with Crippen molar-refractivity contribution in [3.63, 3.8) is 0 Å². The number of carbonyl (C=O) groups is 2. The number of aromatic amines is 2. The van der Waals surface area contributed by atoms with Crippen LogP contribution in [-0.4, -0.2) is 281 Å². The minimum Gasteiger partial charge on any atom is -0.767 e. The van der Waals surface area contributed by atoms with Gasteiger partial charge in [0.1, 0.15) is 29.0 Å². The summed E-state index contributed by atoms with van der Waals surface area (Å²) in [7, 11) is -0.617. The average Bonchev–Trinajstić information content (AvgIpc) is 0.827. The van der Waals surface area contributed by atoms with Gasteiger partial charge in [-0.25, -0.2) is 29.5 Å². The quantitative estimate of drug-likeness (QED) is 0.0150. The van der Waals surface area contributed by atoms with Gasteiger partial charge >= 0.3 is 26.0 Å². The number of rotatable bonds is 16. The van der Waals surface area contributed by atoms with Gasteiger partial charge in [-0.3, -0.25) is 37.1 Å². The molecular formula is C75H107Ar5B2BrN15O14S6-3. The summed E-state index contributed by atoms with van der Waals surface area (Å²) in [5, 5.41) is 60.3. The van der Waals surface area contributed by atoms with E-state index in [9.17, 15) is 45.9 Å². The molecule has 0 bridgehead atoms. The number of benzene rings is 1. The summed E-state index contributed by atoms with van der Waals surface area (Å²) in [6.07, 6.45) is 16.2. The molecular weight excluding hydrogens is 1830 g/mol. The first kappa shape index (κ1) is 117. The van der Waals surface area contributed by atoms with Crippen LogP contribution in [0.25, 0.3) is 0 Å². The number of aliphatic hydroxyl groups is 2. The Kier molecular flexibility index (Phi) is 63.6. The fraction of sp³-hybridized carbons (Fsp3) is 0.493. The topological polar surface area (TPSA) is 406 Å². The van der Waals surface area contributed by atoms with Gasteiger partial charge in [-0.1, -0.05) is 66.4 Å². The Morgan fingerprint density at radius 1 is 0.525 bits per heavy atom. The summed E-state index contributed by atoms with van der Waals surface area (Å²) in [5.74, 6) is -1.91. The zero-order valence-corrected chi connectivity index (χ0v) is 76.6. The van der Waals surface area contributed by atoms with E-state index in [1.807, 2.05) is 44.0 Å². The van der Waals surface area contributed by atoms with Crippen molar-refractivity contribution in [3.05, 3.63) is 187 Å². The SMILES string of the molecule is CB(O)N1CCC(N2CCN(Cc3ccc(S(=O)[O-])nc3)[C@H](C)C2)CC1.CB(O)N1CCC(N2CCN[C@H](C)C2)CC1.C[C@@H]1CN(C2CCNCC2)CCN1Cc1ccc(S(=O)[O-])nc1.Cc1cccc(S)c1.O=C(O)c1ccc(=S)[nH]c1.O=C(O)c1ccc(Br)nc1.O=S([O-])c1ccc(CO)cn1.OCc1ccc(=S)[nH]c1.[Ar].[Ar].[Ar].[Ar].[Ar]. The molecule has 13 rings (SSSR count). The summed E-state index contributed by atoms with van der Waals surface area (Å²) in [6.45, 7) is 30.3. The van der Waals surface area contributed by atoms with Crippen molar-refractivity contribution in [1.29, 1.82) is 0 Å². The van der Waals surface area contributed by atoms with Crippen molar-refractivity contribution in [2.24, 2.45) is 0 Å². The van der Waals surface area contributed by atoms with Crippen LogP contribution in [0.15, 0.2) is 159 Å². The van der Waals surface area contributed by atoms with Crippen LogP contribution < -0.4 is 10.6 Å². The van der Waals surface area contributed by atoms with E-state index in [0.29, 0.717) is 43.6 Å². The molecule has 6 atom stereocenters. The van der Waals surface area contributed by atoms with E-state index in [-0.39, 0.29) is 242 Å². The Morgan fingerprint density at radius 3 is 1.27 bits per heavy atom. The van der Waals surface area contributed by atoms with Crippen molar-refractivity contribution in [1.82, 2.24) is 74.7 Å². The third-order valence-corrected chi connectivity index (χ3v) is 22.8. The number of aromatic nitrogens is 6. The summed E-state index contributed by atoms with van der Waals surface area (Å²) in [6, 6.07) is 31.0. The van der Waals surface area contributed by atoms with Crippen LogP contribution >= 0.6 is 53.0 Å². The van der Waals surface area contributed by atoms with Gasteiger partial charge in [-0.05, 0) is 251 Å².